The van der Waals surface area contributed by atoms with Crippen molar-refractivity contribution in [3.05, 3.63) is 81.1 Å². The number of halogens is 3. The largest absolute Gasteiger partial charge is 0.493 e. The Kier molecular flexibility index (Phi) is 9.69. The van der Waals surface area contributed by atoms with E-state index in [0.29, 0.717) is 51.8 Å². The summed E-state index contributed by atoms with van der Waals surface area (Å²) < 4.78 is 35.6. The molecule has 0 saturated heterocycles. The van der Waals surface area contributed by atoms with Crippen LogP contribution in [0.3, 0.4) is 0 Å². The first-order valence-corrected chi connectivity index (χ1v) is 11.6. The third kappa shape index (κ3) is 6.92. The normalized spacial score (nSPS) is 10.8. The summed E-state index contributed by atoms with van der Waals surface area (Å²) in [6.07, 6.45) is 0.815. The summed E-state index contributed by atoms with van der Waals surface area (Å²) in [6.45, 7) is 3.85. The highest BCUT2D eigenvalue weighted by Crippen LogP contribution is 2.35. The molecular weight excluding hydrogens is 480 g/mol. The van der Waals surface area contributed by atoms with Crippen LogP contribution in [0.2, 0.25) is 10.0 Å². The molecule has 0 aliphatic rings. The monoisotopic (exact) mass is 507 g/mol. The maximum absolute atomic E-state index is 13.3. The molecule has 0 aliphatic heterocycles. The fourth-order valence-corrected chi connectivity index (χ4v) is 3.82. The minimum absolute atomic E-state index is 0.165. The van der Waals surface area contributed by atoms with Gasteiger partial charge >= 0.3 is 0 Å². The van der Waals surface area contributed by atoms with Gasteiger partial charge in [0.1, 0.15) is 12.4 Å². The van der Waals surface area contributed by atoms with Crippen LogP contribution in [0.5, 0.6) is 23.0 Å². The van der Waals surface area contributed by atoms with Crippen LogP contribution in [0.4, 0.5) is 4.39 Å². The molecule has 0 fully saturated rings. The predicted molar refractivity (Wildman–Crippen MR) is 133 cm³/mol. The maximum atomic E-state index is 13.3. The zero-order valence-electron chi connectivity index (χ0n) is 19.4. The van der Waals surface area contributed by atoms with Gasteiger partial charge in [-0.2, -0.15) is 0 Å². The summed E-state index contributed by atoms with van der Waals surface area (Å²) in [7, 11) is 3.24. The Labute approximate surface area is 209 Å². The van der Waals surface area contributed by atoms with Gasteiger partial charge in [0.15, 0.2) is 23.0 Å². The third-order valence-electron chi connectivity index (χ3n) is 5.16. The van der Waals surface area contributed by atoms with Gasteiger partial charge in [0.05, 0.1) is 25.8 Å². The fourth-order valence-electron chi connectivity index (χ4n) is 3.38. The van der Waals surface area contributed by atoms with E-state index in [0.717, 1.165) is 24.1 Å². The molecule has 0 aromatic heterocycles. The van der Waals surface area contributed by atoms with Crippen LogP contribution >= 0.6 is 23.2 Å². The first-order valence-electron chi connectivity index (χ1n) is 10.9. The molecule has 0 aliphatic carbocycles. The Bertz CT molecular complexity index is 1110. The molecule has 3 aromatic carbocycles. The Morgan fingerprint density at radius 3 is 2.24 bits per heavy atom. The van der Waals surface area contributed by atoms with Crippen LogP contribution in [-0.4, -0.2) is 27.4 Å². The van der Waals surface area contributed by atoms with Crippen molar-refractivity contribution in [1.82, 2.24) is 5.32 Å². The van der Waals surface area contributed by atoms with Gasteiger partial charge in [-0.25, -0.2) is 4.39 Å². The van der Waals surface area contributed by atoms with Crippen molar-refractivity contribution in [2.24, 2.45) is 0 Å². The topological polar surface area (TPSA) is 49.0 Å². The molecule has 0 heterocycles. The molecule has 1 N–H and O–H groups in total. The predicted octanol–water partition coefficient (Wildman–Crippen LogP) is 6.46. The molecule has 0 amide bonds. The van der Waals surface area contributed by atoms with Crippen LogP contribution < -0.4 is 24.3 Å². The second-order valence-electron chi connectivity index (χ2n) is 7.46. The van der Waals surface area contributed by atoms with Crippen molar-refractivity contribution in [2.45, 2.75) is 26.5 Å². The van der Waals surface area contributed by atoms with E-state index in [-0.39, 0.29) is 6.61 Å². The van der Waals surface area contributed by atoms with Crippen molar-refractivity contribution in [3.63, 3.8) is 0 Å². The molecule has 5 nitrogen and oxygen atoms in total. The number of methoxy groups -OCH3 is 2. The van der Waals surface area contributed by atoms with Crippen molar-refractivity contribution in [2.75, 3.05) is 27.4 Å². The summed E-state index contributed by atoms with van der Waals surface area (Å²) in [5, 5.41) is 4.27. The summed E-state index contributed by atoms with van der Waals surface area (Å²) in [5.41, 5.74) is 2.70. The minimum atomic E-state index is -0.394. The molecule has 3 aromatic rings. The Morgan fingerprint density at radius 1 is 0.794 bits per heavy atom. The van der Waals surface area contributed by atoms with Crippen LogP contribution in [0, 0.1) is 5.82 Å². The lowest BCUT2D eigenvalue weighted by Crippen LogP contribution is -2.17. The van der Waals surface area contributed by atoms with Gasteiger partial charge in [-0.1, -0.05) is 35.3 Å². The van der Waals surface area contributed by atoms with E-state index in [2.05, 4.69) is 5.32 Å². The first-order chi connectivity index (χ1) is 16.4. The Balaban J connectivity index is 1.62. The first kappa shape index (κ1) is 25.9. The number of nitrogens with one attached hydrogen (secondary N) is 1. The number of hydrogen-bond donors (Lipinski definition) is 1. The van der Waals surface area contributed by atoms with E-state index < -0.39 is 5.82 Å². The van der Waals surface area contributed by atoms with Crippen molar-refractivity contribution < 1.29 is 23.3 Å². The van der Waals surface area contributed by atoms with Crippen molar-refractivity contribution in [3.8, 4) is 23.0 Å². The highest BCUT2D eigenvalue weighted by Gasteiger charge is 2.13. The van der Waals surface area contributed by atoms with E-state index in [4.69, 9.17) is 42.1 Å². The minimum Gasteiger partial charge on any atom is -0.493 e. The molecule has 0 radical (unpaired) electrons. The zero-order valence-corrected chi connectivity index (χ0v) is 20.9. The van der Waals surface area contributed by atoms with Gasteiger partial charge in [0, 0.05) is 23.2 Å². The van der Waals surface area contributed by atoms with E-state index in [1.54, 1.807) is 26.4 Å². The lowest BCUT2D eigenvalue weighted by Gasteiger charge is -2.16. The number of hydrogen-bond acceptors (Lipinski definition) is 5. The Morgan fingerprint density at radius 2 is 1.53 bits per heavy atom. The molecule has 3 rings (SSSR count). The lowest BCUT2D eigenvalue weighted by atomic mass is 10.1. The molecule has 0 unspecified atom stereocenters. The van der Waals surface area contributed by atoms with Crippen molar-refractivity contribution >= 4 is 23.2 Å². The van der Waals surface area contributed by atoms with Crippen molar-refractivity contribution in [1.29, 1.82) is 0 Å². The number of benzene rings is 3. The second kappa shape index (κ2) is 12.7. The van der Waals surface area contributed by atoms with Gasteiger partial charge < -0.3 is 24.3 Å². The van der Waals surface area contributed by atoms with Gasteiger partial charge in [0.25, 0.3) is 0 Å². The van der Waals surface area contributed by atoms with E-state index in [1.165, 1.54) is 12.1 Å². The van der Waals surface area contributed by atoms with Gasteiger partial charge in [-0.05, 0) is 61.3 Å². The average molecular weight is 508 g/mol. The summed E-state index contributed by atoms with van der Waals surface area (Å²) in [4.78, 5) is 0. The number of rotatable bonds is 12. The molecule has 0 spiro atoms. The third-order valence-corrected chi connectivity index (χ3v) is 5.87. The van der Waals surface area contributed by atoms with E-state index >= 15 is 0 Å². The Hall–Kier alpha value is -2.67. The molecule has 34 heavy (non-hydrogen) atoms. The molecule has 0 bridgehead atoms. The number of ether oxygens (including phenoxy) is 4. The van der Waals surface area contributed by atoms with E-state index in [1.807, 2.05) is 31.2 Å². The summed E-state index contributed by atoms with van der Waals surface area (Å²) in [6, 6.07) is 13.7. The van der Waals surface area contributed by atoms with Gasteiger partial charge in [0.2, 0.25) is 0 Å². The highest BCUT2D eigenvalue weighted by molar-refractivity contribution is 6.31. The van der Waals surface area contributed by atoms with Crippen LogP contribution in [0.15, 0.2) is 48.5 Å². The van der Waals surface area contributed by atoms with Crippen LogP contribution in [0.1, 0.15) is 23.6 Å². The smallest absolute Gasteiger partial charge is 0.163 e. The van der Waals surface area contributed by atoms with Crippen LogP contribution in [0.25, 0.3) is 0 Å². The standard InChI is InChI=1S/C26H28Cl2FNO4/c1-4-33-25-12-19(15-30-10-9-17-5-8-23(31-2)24(11-17)32-3)22(28)14-26(25)34-16-18-6-7-20(29)13-21(18)27/h5-8,11-14,30H,4,9-10,15-16H2,1-3H3. The SMILES string of the molecule is CCOc1cc(CNCCc2ccc(OC)c(OC)c2)c(Cl)cc1OCc1ccc(F)cc1Cl. The molecule has 0 saturated carbocycles. The van der Waals surface area contributed by atoms with Gasteiger partial charge in [-0.15, -0.1) is 0 Å². The molecular formula is C26H28Cl2FNO4. The average Bonchev–Trinajstić information content (AvgIpc) is 2.83. The summed E-state index contributed by atoms with van der Waals surface area (Å²) in [5.74, 6) is 2.11. The quantitative estimate of drug-likeness (QED) is 0.285. The molecule has 8 heteroatoms. The zero-order chi connectivity index (χ0) is 24.5. The fraction of sp³-hybridized carbons (Fsp3) is 0.308. The lowest BCUT2D eigenvalue weighted by molar-refractivity contribution is 0.269. The summed E-state index contributed by atoms with van der Waals surface area (Å²) >= 11 is 12.6. The van der Waals surface area contributed by atoms with Gasteiger partial charge in [-0.3, -0.25) is 0 Å². The van der Waals surface area contributed by atoms with E-state index in [9.17, 15) is 4.39 Å². The highest BCUT2D eigenvalue weighted by atomic mass is 35.5. The van der Waals surface area contributed by atoms with Crippen LogP contribution in [-0.2, 0) is 19.6 Å². The maximum Gasteiger partial charge on any atom is 0.163 e. The molecule has 0 atom stereocenters. The molecule has 182 valence electrons. The second-order valence-corrected chi connectivity index (χ2v) is 8.28.